The van der Waals surface area contributed by atoms with E-state index in [0.717, 1.165) is 18.7 Å². The lowest BCUT2D eigenvalue weighted by Gasteiger charge is -2.16. The Morgan fingerprint density at radius 2 is 1.72 bits per heavy atom. The number of nitrogens with two attached hydrogens (primary N) is 1. The predicted octanol–water partition coefficient (Wildman–Crippen LogP) is 3.04. The van der Waals surface area contributed by atoms with E-state index in [9.17, 15) is 0 Å². The normalized spacial score (nSPS) is 21.6. The lowest BCUT2D eigenvalue weighted by Crippen LogP contribution is -2.16. The molecule has 0 amide bonds. The van der Waals surface area contributed by atoms with Crippen LogP contribution in [0.15, 0.2) is 6.07 Å². The molecule has 1 heterocycles. The van der Waals surface area contributed by atoms with Crippen LogP contribution in [0.1, 0.15) is 63.1 Å². The average molecular weight is 247 g/mol. The van der Waals surface area contributed by atoms with E-state index >= 15 is 0 Å². The second-order valence-corrected chi connectivity index (χ2v) is 5.49. The molecule has 0 radical (unpaired) electrons. The summed E-state index contributed by atoms with van der Waals surface area (Å²) in [7, 11) is 0. The van der Waals surface area contributed by atoms with Crippen LogP contribution in [0.2, 0.25) is 0 Å². The first-order chi connectivity index (χ1) is 8.81. The molecule has 0 bridgehead atoms. The van der Waals surface area contributed by atoms with Crippen LogP contribution in [-0.2, 0) is 0 Å². The summed E-state index contributed by atoms with van der Waals surface area (Å²) in [5.41, 5.74) is 5.83. The standard InChI is InChI=1S/C14H21N3O/c15-12-9-13(17-14(16-12)10-7-8-10)18-11-5-3-1-2-4-6-11/h9-11H,1-8H2,(H2,15,16,17). The first-order valence-corrected chi connectivity index (χ1v) is 7.12. The van der Waals surface area contributed by atoms with Gasteiger partial charge in [-0.05, 0) is 38.5 Å². The Kier molecular flexibility index (Phi) is 3.35. The molecule has 0 aliphatic heterocycles. The van der Waals surface area contributed by atoms with Crippen molar-refractivity contribution in [2.24, 2.45) is 0 Å². The molecule has 4 heteroatoms. The van der Waals surface area contributed by atoms with E-state index in [-0.39, 0.29) is 0 Å². The van der Waals surface area contributed by atoms with E-state index in [2.05, 4.69) is 9.97 Å². The summed E-state index contributed by atoms with van der Waals surface area (Å²) in [5.74, 6) is 2.61. The fraction of sp³-hybridized carbons (Fsp3) is 0.714. The molecule has 0 saturated heterocycles. The Hall–Kier alpha value is -1.32. The third kappa shape index (κ3) is 2.92. The lowest BCUT2D eigenvalue weighted by atomic mass is 10.1. The Labute approximate surface area is 108 Å². The van der Waals surface area contributed by atoms with Crippen molar-refractivity contribution in [3.63, 3.8) is 0 Å². The molecule has 2 aliphatic carbocycles. The second kappa shape index (κ2) is 5.12. The minimum Gasteiger partial charge on any atom is -0.474 e. The number of hydrogen-bond donors (Lipinski definition) is 1. The van der Waals surface area contributed by atoms with Crippen molar-refractivity contribution in [2.75, 3.05) is 5.73 Å². The summed E-state index contributed by atoms with van der Waals surface area (Å²) in [6.45, 7) is 0. The molecule has 1 aromatic rings. The molecular weight excluding hydrogens is 226 g/mol. The topological polar surface area (TPSA) is 61.0 Å². The summed E-state index contributed by atoms with van der Waals surface area (Å²) < 4.78 is 6.00. The third-order valence-electron chi connectivity index (χ3n) is 3.77. The molecule has 4 nitrogen and oxygen atoms in total. The van der Waals surface area contributed by atoms with E-state index in [0.29, 0.717) is 23.7 Å². The van der Waals surface area contributed by atoms with E-state index in [1.165, 1.54) is 38.5 Å². The minimum absolute atomic E-state index is 0.314. The van der Waals surface area contributed by atoms with Crippen molar-refractivity contribution < 1.29 is 4.74 Å². The van der Waals surface area contributed by atoms with Crippen molar-refractivity contribution in [1.29, 1.82) is 0 Å². The predicted molar refractivity (Wildman–Crippen MR) is 70.5 cm³/mol. The molecule has 0 unspecified atom stereocenters. The zero-order valence-electron chi connectivity index (χ0n) is 10.8. The van der Waals surface area contributed by atoms with Gasteiger partial charge in [-0.2, -0.15) is 4.98 Å². The Morgan fingerprint density at radius 3 is 2.39 bits per heavy atom. The molecule has 2 saturated carbocycles. The number of rotatable bonds is 3. The van der Waals surface area contributed by atoms with Gasteiger partial charge in [0, 0.05) is 12.0 Å². The van der Waals surface area contributed by atoms with Crippen LogP contribution in [0.4, 0.5) is 5.82 Å². The van der Waals surface area contributed by atoms with E-state index in [1.807, 2.05) is 0 Å². The number of ether oxygens (including phenoxy) is 1. The first-order valence-electron chi connectivity index (χ1n) is 7.12. The van der Waals surface area contributed by atoms with Gasteiger partial charge in [0.2, 0.25) is 5.88 Å². The van der Waals surface area contributed by atoms with Gasteiger partial charge in [-0.3, -0.25) is 0 Å². The third-order valence-corrected chi connectivity index (χ3v) is 3.77. The van der Waals surface area contributed by atoms with Crippen molar-refractivity contribution in [2.45, 2.75) is 63.4 Å². The van der Waals surface area contributed by atoms with Gasteiger partial charge >= 0.3 is 0 Å². The maximum Gasteiger partial charge on any atom is 0.219 e. The molecule has 2 aliphatic rings. The maximum absolute atomic E-state index is 6.00. The van der Waals surface area contributed by atoms with Crippen LogP contribution < -0.4 is 10.5 Å². The SMILES string of the molecule is Nc1cc(OC2CCCCCC2)nc(C2CC2)n1. The molecule has 18 heavy (non-hydrogen) atoms. The van der Waals surface area contributed by atoms with E-state index < -0.39 is 0 Å². The van der Waals surface area contributed by atoms with Crippen molar-refractivity contribution in [1.82, 2.24) is 9.97 Å². The molecule has 2 fully saturated rings. The molecule has 1 aromatic heterocycles. The quantitative estimate of drug-likeness (QED) is 0.834. The number of aromatic nitrogens is 2. The summed E-state index contributed by atoms with van der Waals surface area (Å²) >= 11 is 0. The number of nitrogen functional groups attached to an aromatic ring is 1. The summed E-state index contributed by atoms with van der Waals surface area (Å²) in [6, 6.07) is 1.76. The van der Waals surface area contributed by atoms with Crippen LogP contribution in [-0.4, -0.2) is 16.1 Å². The van der Waals surface area contributed by atoms with E-state index in [4.69, 9.17) is 10.5 Å². The fourth-order valence-electron chi connectivity index (χ4n) is 2.58. The van der Waals surface area contributed by atoms with Gasteiger partial charge < -0.3 is 10.5 Å². The first kappa shape index (κ1) is 11.8. The summed E-state index contributed by atoms with van der Waals surface area (Å²) in [6.07, 6.45) is 10.2. The van der Waals surface area contributed by atoms with Gasteiger partial charge in [0.15, 0.2) is 0 Å². The average Bonchev–Trinajstić information content (AvgIpc) is 3.16. The highest BCUT2D eigenvalue weighted by Gasteiger charge is 2.27. The second-order valence-electron chi connectivity index (χ2n) is 5.49. The molecule has 3 rings (SSSR count). The van der Waals surface area contributed by atoms with Crippen LogP contribution in [0.25, 0.3) is 0 Å². The van der Waals surface area contributed by atoms with Crippen molar-refractivity contribution >= 4 is 5.82 Å². The largest absolute Gasteiger partial charge is 0.474 e. The van der Waals surface area contributed by atoms with E-state index in [1.54, 1.807) is 6.07 Å². The van der Waals surface area contributed by atoms with Gasteiger partial charge in [0.1, 0.15) is 17.7 Å². The number of hydrogen-bond acceptors (Lipinski definition) is 4. The summed E-state index contributed by atoms with van der Waals surface area (Å²) in [5, 5.41) is 0. The van der Waals surface area contributed by atoms with Crippen molar-refractivity contribution in [3.8, 4) is 5.88 Å². The number of nitrogens with zero attached hydrogens (tertiary/aromatic N) is 2. The Morgan fingerprint density at radius 1 is 1.00 bits per heavy atom. The minimum atomic E-state index is 0.314. The molecule has 98 valence electrons. The Bertz CT molecular complexity index is 410. The van der Waals surface area contributed by atoms with Crippen molar-refractivity contribution in [3.05, 3.63) is 11.9 Å². The van der Waals surface area contributed by atoms with Crippen LogP contribution in [0, 0.1) is 0 Å². The van der Waals surface area contributed by atoms with Crippen LogP contribution >= 0.6 is 0 Å². The van der Waals surface area contributed by atoms with Gasteiger partial charge in [0.25, 0.3) is 0 Å². The maximum atomic E-state index is 6.00. The monoisotopic (exact) mass is 247 g/mol. The smallest absolute Gasteiger partial charge is 0.219 e. The van der Waals surface area contributed by atoms with Gasteiger partial charge in [-0.25, -0.2) is 4.98 Å². The van der Waals surface area contributed by atoms with Gasteiger partial charge in [0.05, 0.1) is 0 Å². The zero-order valence-corrected chi connectivity index (χ0v) is 10.8. The van der Waals surface area contributed by atoms with Gasteiger partial charge in [-0.15, -0.1) is 0 Å². The zero-order chi connectivity index (χ0) is 12.4. The highest BCUT2D eigenvalue weighted by Crippen LogP contribution is 2.39. The molecular formula is C14H21N3O. The molecule has 0 spiro atoms. The Balaban J connectivity index is 1.70. The van der Waals surface area contributed by atoms with Crippen LogP contribution in [0.5, 0.6) is 5.88 Å². The summed E-state index contributed by atoms with van der Waals surface area (Å²) in [4.78, 5) is 8.80. The lowest BCUT2D eigenvalue weighted by molar-refractivity contribution is 0.175. The number of anilines is 1. The molecule has 2 N–H and O–H groups in total. The molecule has 0 aromatic carbocycles. The highest BCUT2D eigenvalue weighted by molar-refractivity contribution is 5.34. The van der Waals surface area contributed by atoms with Crippen LogP contribution in [0.3, 0.4) is 0 Å². The molecule has 0 atom stereocenters. The fourth-order valence-corrected chi connectivity index (χ4v) is 2.58. The highest BCUT2D eigenvalue weighted by atomic mass is 16.5. The van der Waals surface area contributed by atoms with Gasteiger partial charge in [-0.1, -0.05) is 12.8 Å².